The van der Waals surface area contributed by atoms with Gasteiger partial charge in [0.15, 0.2) is 0 Å². The van der Waals surface area contributed by atoms with Crippen molar-refractivity contribution in [1.82, 2.24) is 5.32 Å². The Balaban J connectivity index is 1.95. The van der Waals surface area contributed by atoms with Gasteiger partial charge >= 0.3 is 0 Å². The van der Waals surface area contributed by atoms with Crippen LogP contribution in [0, 0.1) is 5.92 Å². The van der Waals surface area contributed by atoms with Crippen molar-refractivity contribution in [3.8, 4) is 5.75 Å². The van der Waals surface area contributed by atoms with E-state index in [0.717, 1.165) is 30.9 Å². The lowest BCUT2D eigenvalue weighted by Crippen LogP contribution is -2.19. The van der Waals surface area contributed by atoms with E-state index in [2.05, 4.69) is 10.6 Å². The highest BCUT2D eigenvalue weighted by Gasteiger charge is 2.18. The van der Waals surface area contributed by atoms with Crippen LogP contribution in [-0.4, -0.2) is 25.1 Å². The van der Waals surface area contributed by atoms with Gasteiger partial charge in [0.2, 0.25) is 5.91 Å². The molecule has 0 radical (unpaired) electrons. The fourth-order valence-electron chi connectivity index (χ4n) is 2.28. The first-order valence-electron chi connectivity index (χ1n) is 6.91. The van der Waals surface area contributed by atoms with Crippen molar-refractivity contribution >= 4 is 11.6 Å². The number of ether oxygens (including phenoxy) is 1. The molecule has 1 saturated heterocycles. The molecule has 1 aromatic rings. The lowest BCUT2D eigenvalue weighted by Gasteiger charge is -2.15. The highest BCUT2D eigenvalue weighted by atomic mass is 16.5. The molecule has 1 aliphatic rings. The van der Waals surface area contributed by atoms with Gasteiger partial charge in [-0.2, -0.15) is 0 Å². The summed E-state index contributed by atoms with van der Waals surface area (Å²) in [6, 6.07) is 7.57. The van der Waals surface area contributed by atoms with E-state index in [1.54, 1.807) is 0 Å². The molecule has 2 rings (SSSR count). The molecule has 2 N–H and O–H groups in total. The van der Waals surface area contributed by atoms with E-state index >= 15 is 0 Å². The summed E-state index contributed by atoms with van der Waals surface area (Å²) < 4.78 is 5.69. The first-order chi connectivity index (χ1) is 9.15. The van der Waals surface area contributed by atoms with Crippen LogP contribution in [0.15, 0.2) is 24.3 Å². The topological polar surface area (TPSA) is 50.4 Å². The van der Waals surface area contributed by atoms with Gasteiger partial charge in [0.25, 0.3) is 0 Å². The quantitative estimate of drug-likeness (QED) is 0.856. The number of benzene rings is 1. The monoisotopic (exact) mass is 262 g/mol. The molecule has 104 valence electrons. The Morgan fingerprint density at radius 3 is 2.95 bits per heavy atom. The van der Waals surface area contributed by atoms with E-state index in [0.29, 0.717) is 12.3 Å². The third-order valence-corrected chi connectivity index (χ3v) is 3.16. The van der Waals surface area contributed by atoms with Gasteiger partial charge in [-0.05, 0) is 51.4 Å². The van der Waals surface area contributed by atoms with Crippen LogP contribution in [0.5, 0.6) is 5.75 Å². The van der Waals surface area contributed by atoms with Crippen LogP contribution in [0.1, 0.15) is 26.7 Å². The van der Waals surface area contributed by atoms with Gasteiger partial charge in [0, 0.05) is 6.42 Å². The van der Waals surface area contributed by atoms with Crippen LogP contribution in [0.4, 0.5) is 5.69 Å². The fourth-order valence-corrected chi connectivity index (χ4v) is 2.28. The SMILES string of the molecule is CC(C)Oc1ccccc1NC(=O)CC1CCNC1. The molecule has 4 heteroatoms. The predicted molar refractivity (Wildman–Crippen MR) is 76.4 cm³/mol. The van der Waals surface area contributed by atoms with Crippen molar-refractivity contribution in [3.63, 3.8) is 0 Å². The molecular weight excluding hydrogens is 240 g/mol. The van der Waals surface area contributed by atoms with E-state index in [1.165, 1.54) is 0 Å². The number of amides is 1. The number of anilines is 1. The highest BCUT2D eigenvalue weighted by molar-refractivity contribution is 5.92. The minimum absolute atomic E-state index is 0.0634. The maximum absolute atomic E-state index is 12.0. The zero-order valence-corrected chi connectivity index (χ0v) is 11.6. The maximum Gasteiger partial charge on any atom is 0.224 e. The Labute approximate surface area is 114 Å². The predicted octanol–water partition coefficient (Wildman–Crippen LogP) is 2.41. The van der Waals surface area contributed by atoms with Crippen molar-refractivity contribution in [2.45, 2.75) is 32.8 Å². The van der Waals surface area contributed by atoms with E-state index in [9.17, 15) is 4.79 Å². The number of carbonyl (C=O) groups excluding carboxylic acids is 1. The molecule has 4 nitrogen and oxygen atoms in total. The van der Waals surface area contributed by atoms with Gasteiger partial charge in [-0.25, -0.2) is 0 Å². The summed E-state index contributed by atoms with van der Waals surface area (Å²) >= 11 is 0. The Bertz CT molecular complexity index is 426. The molecule has 0 saturated carbocycles. The third-order valence-electron chi connectivity index (χ3n) is 3.16. The summed E-state index contributed by atoms with van der Waals surface area (Å²) in [5.41, 5.74) is 0.757. The van der Waals surface area contributed by atoms with Crippen LogP contribution in [0.2, 0.25) is 0 Å². The smallest absolute Gasteiger partial charge is 0.224 e. The van der Waals surface area contributed by atoms with Gasteiger partial charge in [-0.15, -0.1) is 0 Å². The minimum Gasteiger partial charge on any atom is -0.489 e. The summed E-state index contributed by atoms with van der Waals surface area (Å²) in [5.74, 6) is 1.25. The van der Waals surface area contributed by atoms with Crippen LogP contribution in [-0.2, 0) is 4.79 Å². The molecule has 1 aliphatic heterocycles. The zero-order chi connectivity index (χ0) is 13.7. The second kappa shape index (κ2) is 6.57. The normalized spacial score (nSPS) is 18.6. The van der Waals surface area contributed by atoms with Crippen molar-refractivity contribution in [2.24, 2.45) is 5.92 Å². The first kappa shape index (κ1) is 13.9. The molecule has 0 aliphatic carbocycles. The Hall–Kier alpha value is -1.55. The lowest BCUT2D eigenvalue weighted by molar-refractivity contribution is -0.117. The number of rotatable bonds is 5. The van der Waals surface area contributed by atoms with Crippen LogP contribution in [0.3, 0.4) is 0 Å². The van der Waals surface area contributed by atoms with Crippen LogP contribution < -0.4 is 15.4 Å². The fraction of sp³-hybridized carbons (Fsp3) is 0.533. The van der Waals surface area contributed by atoms with Crippen molar-refractivity contribution < 1.29 is 9.53 Å². The van der Waals surface area contributed by atoms with E-state index in [-0.39, 0.29) is 12.0 Å². The summed E-state index contributed by atoms with van der Waals surface area (Å²) in [6.07, 6.45) is 1.75. The number of hydrogen-bond donors (Lipinski definition) is 2. The van der Waals surface area contributed by atoms with E-state index in [4.69, 9.17) is 4.74 Å². The molecule has 1 atom stereocenters. The Morgan fingerprint density at radius 1 is 1.47 bits per heavy atom. The molecule has 1 unspecified atom stereocenters. The molecule has 1 fully saturated rings. The first-order valence-corrected chi connectivity index (χ1v) is 6.91. The van der Waals surface area contributed by atoms with Gasteiger partial charge < -0.3 is 15.4 Å². The molecule has 1 amide bonds. The van der Waals surface area contributed by atoms with E-state index < -0.39 is 0 Å². The summed E-state index contributed by atoms with van der Waals surface area (Å²) in [7, 11) is 0. The molecule has 19 heavy (non-hydrogen) atoms. The number of nitrogens with one attached hydrogen (secondary N) is 2. The standard InChI is InChI=1S/C15H22N2O2/c1-11(2)19-14-6-4-3-5-13(14)17-15(18)9-12-7-8-16-10-12/h3-6,11-12,16H,7-10H2,1-2H3,(H,17,18). The average Bonchev–Trinajstić information content (AvgIpc) is 2.83. The zero-order valence-electron chi connectivity index (χ0n) is 11.6. The summed E-state index contributed by atoms with van der Waals surface area (Å²) in [6.45, 7) is 5.91. The van der Waals surface area contributed by atoms with Crippen LogP contribution in [0.25, 0.3) is 0 Å². The number of para-hydroxylation sites is 2. The molecule has 1 heterocycles. The van der Waals surface area contributed by atoms with Crippen molar-refractivity contribution in [3.05, 3.63) is 24.3 Å². The van der Waals surface area contributed by atoms with Gasteiger partial charge in [-0.3, -0.25) is 4.79 Å². The lowest BCUT2D eigenvalue weighted by atomic mass is 10.0. The third kappa shape index (κ3) is 4.24. The van der Waals surface area contributed by atoms with Crippen molar-refractivity contribution in [1.29, 1.82) is 0 Å². The second-order valence-corrected chi connectivity index (χ2v) is 5.27. The average molecular weight is 262 g/mol. The maximum atomic E-state index is 12.0. The largest absolute Gasteiger partial charge is 0.489 e. The van der Waals surface area contributed by atoms with Gasteiger partial charge in [0.05, 0.1) is 11.8 Å². The highest BCUT2D eigenvalue weighted by Crippen LogP contribution is 2.25. The van der Waals surface area contributed by atoms with Crippen molar-refractivity contribution in [2.75, 3.05) is 18.4 Å². The molecule has 0 aromatic heterocycles. The van der Waals surface area contributed by atoms with Gasteiger partial charge in [-0.1, -0.05) is 12.1 Å². The molecule has 0 spiro atoms. The Morgan fingerprint density at radius 2 is 2.26 bits per heavy atom. The Kier molecular flexibility index (Phi) is 4.80. The number of hydrogen-bond acceptors (Lipinski definition) is 3. The second-order valence-electron chi connectivity index (χ2n) is 5.27. The number of carbonyl (C=O) groups is 1. The van der Waals surface area contributed by atoms with Gasteiger partial charge in [0.1, 0.15) is 5.75 Å². The summed E-state index contributed by atoms with van der Waals surface area (Å²) in [4.78, 5) is 12.0. The molecule has 1 aromatic carbocycles. The molecule has 0 bridgehead atoms. The molecular formula is C15H22N2O2. The van der Waals surface area contributed by atoms with E-state index in [1.807, 2.05) is 38.1 Å². The minimum atomic E-state index is 0.0634. The van der Waals surface area contributed by atoms with Crippen LogP contribution >= 0.6 is 0 Å². The summed E-state index contributed by atoms with van der Waals surface area (Å²) in [5, 5.41) is 6.23.